The third-order valence-corrected chi connectivity index (χ3v) is 7.30. The first-order valence-corrected chi connectivity index (χ1v) is 12.9. The zero-order valence-corrected chi connectivity index (χ0v) is 21.7. The smallest absolute Gasteiger partial charge is 0.267 e. The minimum atomic E-state index is -0.551. The van der Waals surface area contributed by atoms with Crippen LogP contribution in [0.5, 0.6) is 0 Å². The molecule has 1 atom stereocenters. The van der Waals surface area contributed by atoms with E-state index in [4.69, 9.17) is 5.21 Å². The van der Waals surface area contributed by atoms with Crippen molar-refractivity contribution in [2.24, 2.45) is 0 Å². The minimum absolute atomic E-state index is 0.0143. The van der Waals surface area contributed by atoms with E-state index in [0.29, 0.717) is 12.1 Å². The molecule has 8 heteroatoms. The average molecular weight is 512 g/mol. The highest BCUT2D eigenvalue weighted by molar-refractivity contribution is 5.94. The van der Waals surface area contributed by atoms with E-state index < -0.39 is 5.91 Å². The zero-order valence-electron chi connectivity index (χ0n) is 21.7. The molecule has 8 nitrogen and oxygen atoms in total. The fourth-order valence-corrected chi connectivity index (χ4v) is 5.39. The molecule has 0 saturated heterocycles. The summed E-state index contributed by atoms with van der Waals surface area (Å²) in [6.07, 6.45) is 9.77. The number of carbonyl (C=O) groups excluding carboxylic acids is 2. The normalized spacial score (nSPS) is 14.9. The van der Waals surface area contributed by atoms with Crippen LogP contribution < -0.4 is 5.48 Å². The lowest BCUT2D eigenvalue weighted by molar-refractivity contribution is -0.124. The van der Waals surface area contributed by atoms with E-state index in [1.807, 2.05) is 18.2 Å². The van der Waals surface area contributed by atoms with Gasteiger partial charge in [-0.1, -0.05) is 36.4 Å². The molecule has 4 aromatic rings. The summed E-state index contributed by atoms with van der Waals surface area (Å²) < 4.78 is 0. The summed E-state index contributed by atoms with van der Waals surface area (Å²) in [5.74, 6) is -0.565. The Kier molecular flexibility index (Phi) is 7.44. The maximum atomic E-state index is 12.5. The number of rotatable bonds is 9. The Morgan fingerprint density at radius 2 is 1.95 bits per heavy atom. The molecule has 38 heavy (non-hydrogen) atoms. The van der Waals surface area contributed by atoms with Gasteiger partial charge in [0.25, 0.3) is 11.8 Å². The molecule has 0 saturated carbocycles. The van der Waals surface area contributed by atoms with Gasteiger partial charge in [-0.2, -0.15) is 0 Å². The summed E-state index contributed by atoms with van der Waals surface area (Å²) in [6, 6.07) is 16.9. The quantitative estimate of drug-likeness (QED) is 0.151. The van der Waals surface area contributed by atoms with E-state index >= 15 is 0 Å². The van der Waals surface area contributed by atoms with E-state index in [-0.39, 0.29) is 11.9 Å². The van der Waals surface area contributed by atoms with Gasteiger partial charge in [-0.05, 0) is 59.7 Å². The lowest BCUT2D eigenvalue weighted by Gasteiger charge is -2.29. The molecular weight excluding hydrogens is 478 g/mol. The Morgan fingerprint density at radius 1 is 1.11 bits per heavy atom. The van der Waals surface area contributed by atoms with Gasteiger partial charge in [-0.25, -0.2) is 5.48 Å². The molecule has 0 aliphatic heterocycles. The molecule has 196 valence electrons. The summed E-state index contributed by atoms with van der Waals surface area (Å²) in [5, 5.41) is 9.99. The van der Waals surface area contributed by atoms with E-state index in [1.54, 1.807) is 36.7 Å². The highest BCUT2D eigenvalue weighted by Crippen LogP contribution is 2.37. The molecule has 0 radical (unpaired) electrons. The van der Waals surface area contributed by atoms with Gasteiger partial charge in [0, 0.05) is 68.3 Å². The maximum absolute atomic E-state index is 12.5. The molecule has 2 amide bonds. The number of aryl methyl sites for hydroxylation is 1. The van der Waals surface area contributed by atoms with Crippen molar-refractivity contribution in [3.63, 3.8) is 0 Å². The summed E-state index contributed by atoms with van der Waals surface area (Å²) in [5.41, 5.74) is 9.23. The Labute approximate surface area is 221 Å². The second kappa shape index (κ2) is 11.1. The number of amides is 2. The third kappa shape index (κ3) is 5.41. The van der Waals surface area contributed by atoms with Crippen molar-refractivity contribution in [3.05, 3.63) is 101 Å². The van der Waals surface area contributed by atoms with Crippen molar-refractivity contribution in [1.29, 1.82) is 0 Å². The van der Waals surface area contributed by atoms with Crippen LogP contribution in [0.15, 0.2) is 67.0 Å². The van der Waals surface area contributed by atoms with Crippen LogP contribution in [-0.2, 0) is 24.2 Å². The molecule has 1 unspecified atom stereocenters. The van der Waals surface area contributed by atoms with Gasteiger partial charge >= 0.3 is 0 Å². The standard InChI is InChI=1S/C30H33N5O3/c1-34(2)30(37)23-16-24(31-18-23)19-35(14-13-22-17-32-27-6-4-3-5-25(22)27)28-11-9-21-15-20(7-10-26(21)28)8-12-29(36)33-38/h3-8,10,12,15-18,28,31-32,38H,9,11,13-14,19H2,1-2H3,(H,33,36). The number of hydrogen-bond donors (Lipinski definition) is 4. The minimum Gasteiger partial charge on any atom is -0.363 e. The highest BCUT2D eigenvalue weighted by atomic mass is 16.5. The molecule has 2 aromatic carbocycles. The number of aromatic amines is 2. The number of hydrogen-bond acceptors (Lipinski definition) is 4. The Balaban J connectivity index is 1.40. The van der Waals surface area contributed by atoms with Crippen LogP contribution in [0.3, 0.4) is 0 Å². The lowest BCUT2D eigenvalue weighted by atomic mass is 10.0. The van der Waals surface area contributed by atoms with Crippen LogP contribution >= 0.6 is 0 Å². The predicted octanol–water partition coefficient (Wildman–Crippen LogP) is 4.45. The summed E-state index contributed by atoms with van der Waals surface area (Å²) in [6.45, 7) is 1.56. The molecule has 2 aromatic heterocycles. The van der Waals surface area contributed by atoms with E-state index in [1.165, 1.54) is 28.2 Å². The molecule has 0 spiro atoms. The fourth-order valence-electron chi connectivity index (χ4n) is 5.39. The molecule has 1 aliphatic carbocycles. The second-order valence-electron chi connectivity index (χ2n) is 10.0. The summed E-state index contributed by atoms with van der Waals surface area (Å²) in [7, 11) is 3.52. The fraction of sp³-hybridized carbons (Fsp3) is 0.267. The molecule has 0 fully saturated rings. The number of aromatic nitrogens is 2. The van der Waals surface area contributed by atoms with E-state index in [2.05, 4.69) is 51.4 Å². The maximum Gasteiger partial charge on any atom is 0.267 e. The summed E-state index contributed by atoms with van der Waals surface area (Å²) in [4.78, 5) is 34.6. The van der Waals surface area contributed by atoms with Crippen LogP contribution in [0.25, 0.3) is 17.0 Å². The first kappa shape index (κ1) is 25.5. The zero-order chi connectivity index (χ0) is 26.6. The van der Waals surface area contributed by atoms with Crippen LogP contribution in [0.4, 0.5) is 0 Å². The SMILES string of the molecule is CN(C)C(=O)c1c[nH]c(CN(CCc2c[nH]c3ccccc23)C2CCc3cc(C=CC(=O)NO)ccc32)c1. The number of H-pyrrole nitrogens is 2. The molecular formula is C30H33N5O3. The van der Waals surface area contributed by atoms with Gasteiger partial charge in [0.15, 0.2) is 0 Å². The van der Waals surface area contributed by atoms with Crippen molar-refractivity contribution in [1.82, 2.24) is 25.2 Å². The van der Waals surface area contributed by atoms with Crippen molar-refractivity contribution >= 4 is 28.8 Å². The van der Waals surface area contributed by atoms with Crippen LogP contribution in [-0.4, -0.2) is 57.4 Å². The van der Waals surface area contributed by atoms with Gasteiger partial charge in [0.05, 0.1) is 5.56 Å². The number of benzene rings is 2. The number of hydroxylamine groups is 1. The van der Waals surface area contributed by atoms with Crippen molar-refractivity contribution in [2.75, 3.05) is 20.6 Å². The largest absolute Gasteiger partial charge is 0.363 e. The van der Waals surface area contributed by atoms with Crippen molar-refractivity contribution < 1.29 is 14.8 Å². The predicted molar refractivity (Wildman–Crippen MR) is 148 cm³/mol. The van der Waals surface area contributed by atoms with Gasteiger partial charge in [-0.15, -0.1) is 0 Å². The Morgan fingerprint density at radius 3 is 2.76 bits per heavy atom. The summed E-state index contributed by atoms with van der Waals surface area (Å²) >= 11 is 0. The van der Waals surface area contributed by atoms with Gasteiger partial charge in [0.2, 0.25) is 0 Å². The first-order valence-electron chi connectivity index (χ1n) is 12.9. The number of carbonyl (C=O) groups is 2. The monoisotopic (exact) mass is 511 g/mol. The topological polar surface area (TPSA) is 104 Å². The van der Waals surface area contributed by atoms with Gasteiger partial charge < -0.3 is 14.9 Å². The third-order valence-electron chi connectivity index (χ3n) is 7.30. The highest BCUT2D eigenvalue weighted by Gasteiger charge is 2.28. The van der Waals surface area contributed by atoms with Crippen LogP contribution in [0, 0.1) is 0 Å². The molecule has 1 aliphatic rings. The second-order valence-corrected chi connectivity index (χ2v) is 10.0. The Bertz CT molecular complexity index is 1480. The molecule has 0 bridgehead atoms. The first-order chi connectivity index (χ1) is 18.4. The number of para-hydroxylation sites is 1. The molecule has 4 N–H and O–H groups in total. The lowest BCUT2D eigenvalue weighted by Crippen LogP contribution is -2.29. The van der Waals surface area contributed by atoms with Crippen molar-refractivity contribution in [2.45, 2.75) is 31.8 Å². The molecule has 2 heterocycles. The van der Waals surface area contributed by atoms with Crippen LogP contribution in [0.1, 0.15) is 50.8 Å². The number of nitrogens with one attached hydrogen (secondary N) is 3. The van der Waals surface area contributed by atoms with Crippen LogP contribution in [0.2, 0.25) is 0 Å². The average Bonchev–Trinajstić information content (AvgIpc) is 3.67. The van der Waals surface area contributed by atoms with Gasteiger partial charge in [0.1, 0.15) is 0 Å². The Hall–Kier alpha value is -4.14. The van der Waals surface area contributed by atoms with E-state index in [9.17, 15) is 9.59 Å². The van der Waals surface area contributed by atoms with E-state index in [0.717, 1.165) is 42.6 Å². The van der Waals surface area contributed by atoms with Crippen molar-refractivity contribution in [3.8, 4) is 0 Å². The number of fused-ring (bicyclic) bond motifs is 2. The number of nitrogens with zero attached hydrogens (tertiary/aromatic N) is 2. The molecule has 5 rings (SSSR count). The van der Waals surface area contributed by atoms with Gasteiger partial charge in [-0.3, -0.25) is 19.7 Å².